The number of benzene rings is 1. The molecule has 0 atom stereocenters. The third kappa shape index (κ3) is 47.4. The topological polar surface area (TPSA) is 80.3 Å². The van der Waals surface area contributed by atoms with E-state index in [4.69, 9.17) is 19.8 Å². The van der Waals surface area contributed by atoms with Crippen molar-refractivity contribution in [2.75, 3.05) is 0 Å². The number of carbonyl (C=O) groups excluding carboxylic acids is 2. The van der Waals surface area contributed by atoms with E-state index in [0.29, 0.717) is 0 Å². The molecule has 84 valence electrons. The quantitative estimate of drug-likeness (QED) is 0.337. The van der Waals surface area contributed by atoms with Crippen LogP contribution in [-0.2, 0) is 9.59 Å². The van der Waals surface area contributed by atoms with Crippen LogP contribution in [0.1, 0.15) is 13.8 Å². The van der Waals surface area contributed by atoms with Crippen molar-refractivity contribution < 1.29 is 78.9 Å². The minimum Gasteiger partial charge on any atom is -0.550 e. The van der Waals surface area contributed by atoms with Crippen LogP contribution < -0.4 is 69.3 Å². The molecule has 0 fully saturated rings. The number of aliphatic carboxylic acids is 2. The summed E-state index contributed by atoms with van der Waals surface area (Å²) in [5, 5.41) is 17.8. The van der Waals surface area contributed by atoms with Crippen molar-refractivity contribution in [3.05, 3.63) is 33.9 Å². The molecule has 0 bridgehead atoms. The molecule has 0 spiro atoms. The van der Waals surface area contributed by atoms with E-state index < -0.39 is 11.9 Å². The number of carboxylic acids is 2. The molecule has 0 saturated carbocycles. The fourth-order valence-corrected chi connectivity index (χ4v) is 0.830. The third-order valence-electron chi connectivity index (χ3n) is 0.733. The third-order valence-corrected chi connectivity index (χ3v) is 1.45. The van der Waals surface area contributed by atoms with Crippen molar-refractivity contribution in [2.45, 2.75) is 13.8 Å². The summed E-state index contributed by atoms with van der Waals surface area (Å²) in [5.74, 6) is -2.17. The summed E-state index contributed by atoms with van der Waals surface area (Å²) in [6, 6.07) is 10.2. The first kappa shape index (κ1) is 26.5. The molecule has 0 heterocycles. The SMILES string of the molecule is CC(=O)[O-].CC(=O)[O-].Ic1ccccc1.[Na+].[Na+]. The molecule has 0 aliphatic heterocycles. The maximum absolute atomic E-state index is 8.89. The molecule has 17 heavy (non-hydrogen) atoms. The molecule has 0 amide bonds. The van der Waals surface area contributed by atoms with Crippen LogP contribution in [0.3, 0.4) is 0 Å². The standard InChI is InChI=1S/C6H5I.2C2H4O2.2Na/c7-6-4-2-1-3-5-6;2*1-2(3)4;;/h1-5H;2*1H3,(H,3,4);;/q;;;2*+1/p-2. The van der Waals surface area contributed by atoms with E-state index in [1.807, 2.05) is 18.2 Å². The minimum absolute atomic E-state index is 0. The molecular formula is C10H11INa2O4. The Balaban J connectivity index is -0.0000000755. The molecule has 7 heteroatoms. The maximum Gasteiger partial charge on any atom is 1.00 e. The van der Waals surface area contributed by atoms with E-state index in [1.54, 1.807) is 0 Å². The van der Waals surface area contributed by atoms with Gasteiger partial charge in [-0.05, 0) is 48.6 Å². The Morgan fingerprint density at radius 2 is 1.18 bits per heavy atom. The summed E-state index contributed by atoms with van der Waals surface area (Å²) in [6.07, 6.45) is 0. The first-order valence-electron chi connectivity index (χ1n) is 3.92. The average Bonchev–Trinajstić information content (AvgIpc) is 2.03. The zero-order valence-corrected chi connectivity index (χ0v) is 16.6. The van der Waals surface area contributed by atoms with Gasteiger partial charge in [0.1, 0.15) is 0 Å². The molecule has 0 aliphatic rings. The molecular weight excluding hydrogens is 357 g/mol. The van der Waals surface area contributed by atoms with Gasteiger partial charge in [-0.15, -0.1) is 0 Å². The molecule has 0 saturated heterocycles. The molecule has 4 nitrogen and oxygen atoms in total. The molecule has 1 rings (SSSR count). The summed E-state index contributed by atoms with van der Waals surface area (Å²) >= 11 is 2.28. The average molecular weight is 368 g/mol. The number of hydrogen-bond acceptors (Lipinski definition) is 4. The van der Waals surface area contributed by atoms with Gasteiger partial charge in [-0.2, -0.15) is 0 Å². The smallest absolute Gasteiger partial charge is 0.550 e. The van der Waals surface area contributed by atoms with Crippen molar-refractivity contribution in [3.8, 4) is 0 Å². The molecule has 0 aliphatic carbocycles. The van der Waals surface area contributed by atoms with Gasteiger partial charge in [0.15, 0.2) is 0 Å². The van der Waals surface area contributed by atoms with E-state index in [2.05, 4.69) is 34.7 Å². The first-order valence-corrected chi connectivity index (χ1v) is 4.99. The van der Waals surface area contributed by atoms with Crippen molar-refractivity contribution in [1.82, 2.24) is 0 Å². The molecule has 0 N–H and O–H groups in total. The predicted octanol–water partition coefficient (Wildman–Crippen LogP) is -6.19. The van der Waals surface area contributed by atoms with E-state index in [0.717, 1.165) is 13.8 Å². The van der Waals surface area contributed by atoms with Gasteiger partial charge in [0.05, 0.1) is 0 Å². The summed E-state index contributed by atoms with van der Waals surface area (Å²) in [5.41, 5.74) is 0. The Morgan fingerprint density at radius 3 is 1.29 bits per heavy atom. The van der Waals surface area contributed by atoms with Gasteiger partial charge in [-0.25, -0.2) is 0 Å². The normalized spacial score (nSPS) is 6.53. The predicted molar refractivity (Wildman–Crippen MR) is 60.5 cm³/mol. The van der Waals surface area contributed by atoms with Crippen LogP contribution >= 0.6 is 22.6 Å². The first-order chi connectivity index (χ1) is 6.86. The molecule has 1 aromatic rings. The Kier molecular flexibility index (Phi) is 29.9. The second-order valence-electron chi connectivity index (χ2n) is 2.28. The van der Waals surface area contributed by atoms with E-state index in [-0.39, 0.29) is 59.1 Å². The van der Waals surface area contributed by atoms with Gasteiger partial charge in [0.25, 0.3) is 0 Å². The van der Waals surface area contributed by atoms with Crippen LogP contribution in [0.25, 0.3) is 0 Å². The van der Waals surface area contributed by atoms with E-state index in [1.165, 1.54) is 3.57 Å². The summed E-state index contributed by atoms with van der Waals surface area (Å²) in [4.78, 5) is 17.8. The summed E-state index contributed by atoms with van der Waals surface area (Å²) in [6.45, 7) is 1.94. The van der Waals surface area contributed by atoms with Crippen molar-refractivity contribution >= 4 is 34.5 Å². The second kappa shape index (κ2) is 19.2. The van der Waals surface area contributed by atoms with Crippen LogP contribution in [0, 0.1) is 3.57 Å². The summed E-state index contributed by atoms with van der Waals surface area (Å²) in [7, 11) is 0. The van der Waals surface area contributed by atoms with Crippen LogP contribution in [-0.4, -0.2) is 11.9 Å². The van der Waals surface area contributed by atoms with Crippen molar-refractivity contribution in [1.29, 1.82) is 0 Å². The Labute approximate surface area is 159 Å². The zero-order valence-electron chi connectivity index (χ0n) is 10.4. The molecule has 1 aromatic carbocycles. The van der Waals surface area contributed by atoms with Crippen LogP contribution in [0.15, 0.2) is 30.3 Å². The molecule has 0 unspecified atom stereocenters. The maximum atomic E-state index is 8.89. The van der Waals surface area contributed by atoms with E-state index in [9.17, 15) is 0 Å². The van der Waals surface area contributed by atoms with Gasteiger partial charge < -0.3 is 19.8 Å². The van der Waals surface area contributed by atoms with Gasteiger partial charge in [0, 0.05) is 15.5 Å². The van der Waals surface area contributed by atoms with Crippen molar-refractivity contribution in [2.24, 2.45) is 0 Å². The number of hydrogen-bond donors (Lipinski definition) is 0. The number of carbonyl (C=O) groups is 2. The Hall–Kier alpha value is 0.890. The Bertz CT molecular complexity index is 274. The van der Waals surface area contributed by atoms with Crippen LogP contribution in [0.4, 0.5) is 0 Å². The van der Waals surface area contributed by atoms with E-state index >= 15 is 0 Å². The largest absolute Gasteiger partial charge is 1.00 e. The number of rotatable bonds is 0. The van der Waals surface area contributed by atoms with Crippen molar-refractivity contribution in [3.63, 3.8) is 0 Å². The monoisotopic (exact) mass is 368 g/mol. The van der Waals surface area contributed by atoms with Gasteiger partial charge >= 0.3 is 59.1 Å². The molecule has 0 aromatic heterocycles. The van der Waals surface area contributed by atoms with Crippen LogP contribution in [0.5, 0.6) is 0 Å². The fourth-order valence-electron chi connectivity index (χ4n) is 0.415. The summed E-state index contributed by atoms with van der Waals surface area (Å²) < 4.78 is 1.29. The van der Waals surface area contributed by atoms with Gasteiger partial charge in [-0.1, -0.05) is 18.2 Å². The number of carboxylic acid groups (broad SMARTS) is 2. The number of halogens is 1. The fraction of sp³-hybridized carbons (Fsp3) is 0.200. The second-order valence-corrected chi connectivity index (χ2v) is 3.52. The minimum atomic E-state index is -1.08. The molecule has 0 radical (unpaired) electrons. The van der Waals surface area contributed by atoms with Crippen LogP contribution in [0.2, 0.25) is 0 Å². The van der Waals surface area contributed by atoms with Gasteiger partial charge in [-0.3, -0.25) is 0 Å². The Morgan fingerprint density at radius 1 is 0.941 bits per heavy atom. The zero-order chi connectivity index (χ0) is 12.3. The van der Waals surface area contributed by atoms with Gasteiger partial charge in [0.2, 0.25) is 0 Å².